The third kappa shape index (κ3) is 3.18. The fourth-order valence-electron chi connectivity index (χ4n) is 4.67. The Bertz CT molecular complexity index is 1040. The second-order valence-corrected chi connectivity index (χ2v) is 7.93. The van der Waals surface area contributed by atoms with Gasteiger partial charge in [-0.1, -0.05) is 42.4 Å². The van der Waals surface area contributed by atoms with Crippen LogP contribution in [0.1, 0.15) is 36.7 Å². The Hall–Kier alpha value is -2.73. The number of pyridine rings is 1. The molecule has 2 aliphatic rings. The summed E-state index contributed by atoms with van der Waals surface area (Å²) in [7, 11) is 0. The van der Waals surface area contributed by atoms with E-state index < -0.39 is 0 Å². The fourth-order valence-corrected chi connectivity index (χ4v) is 4.67. The molecule has 2 aromatic heterocycles. The topological polar surface area (TPSA) is 64.2 Å². The molecule has 144 valence electrons. The van der Waals surface area contributed by atoms with Gasteiger partial charge in [-0.05, 0) is 29.5 Å². The highest BCUT2D eigenvalue weighted by Gasteiger charge is 2.35. The number of nitrogens with zero attached hydrogens (tertiary/aromatic N) is 4. The minimum absolute atomic E-state index is 0.115. The van der Waals surface area contributed by atoms with Crippen LogP contribution in [0.15, 0.2) is 51.8 Å². The molecular weight excluding hydrogens is 352 g/mol. The molecule has 0 spiro atoms. The Labute approximate surface area is 163 Å². The van der Waals surface area contributed by atoms with E-state index in [1.54, 1.807) is 6.07 Å². The molecule has 0 saturated carbocycles. The minimum Gasteiger partial charge on any atom is -0.338 e. The van der Waals surface area contributed by atoms with Gasteiger partial charge < -0.3 is 9.09 Å². The van der Waals surface area contributed by atoms with E-state index in [1.807, 2.05) is 29.7 Å². The molecule has 6 heteroatoms. The van der Waals surface area contributed by atoms with Crippen molar-refractivity contribution in [3.05, 3.63) is 70.2 Å². The molecule has 5 rings (SSSR count). The predicted molar refractivity (Wildman–Crippen MR) is 106 cm³/mol. The van der Waals surface area contributed by atoms with Crippen molar-refractivity contribution in [3.63, 3.8) is 0 Å². The van der Waals surface area contributed by atoms with E-state index in [0.29, 0.717) is 24.3 Å². The number of aromatic nitrogens is 3. The van der Waals surface area contributed by atoms with Crippen molar-refractivity contribution in [1.29, 1.82) is 0 Å². The molecule has 2 aliphatic heterocycles. The van der Waals surface area contributed by atoms with Crippen molar-refractivity contribution in [1.82, 2.24) is 19.6 Å². The molecular formula is C22H24N4O2. The van der Waals surface area contributed by atoms with Crippen molar-refractivity contribution in [2.45, 2.75) is 38.8 Å². The van der Waals surface area contributed by atoms with Crippen molar-refractivity contribution >= 4 is 0 Å². The van der Waals surface area contributed by atoms with E-state index in [1.165, 1.54) is 0 Å². The Morgan fingerprint density at radius 1 is 1.11 bits per heavy atom. The van der Waals surface area contributed by atoms with Crippen LogP contribution in [-0.2, 0) is 19.5 Å². The van der Waals surface area contributed by atoms with Gasteiger partial charge in [0.25, 0.3) is 5.56 Å². The number of hydrogen-bond acceptors (Lipinski definition) is 5. The first-order chi connectivity index (χ1) is 13.7. The summed E-state index contributed by atoms with van der Waals surface area (Å²) >= 11 is 0. The van der Waals surface area contributed by atoms with E-state index in [2.05, 4.69) is 33.2 Å². The fraction of sp³-hybridized carbons (Fsp3) is 0.409. The lowest BCUT2D eigenvalue weighted by Crippen LogP contribution is -2.46. The SMILES string of the molecule is CCc1noc(CN2C[C@@H]3C[C@H](C2)c2cc(-c4ccccc4)cc(=O)n2C3)n1. The molecule has 0 amide bonds. The highest BCUT2D eigenvalue weighted by Crippen LogP contribution is 2.36. The molecule has 4 heterocycles. The summed E-state index contributed by atoms with van der Waals surface area (Å²) in [6.45, 7) is 5.38. The smallest absolute Gasteiger partial charge is 0.251 e. The van der Waals surface area contributed by atoms with Crippen LogP contribution in [0, 0.1) is 5.92 Å². The Kier molecular flexibility index (Phi) is 4.36. The van der Waals surface area contributed by atoms with Crippen LogP contribution in [0.3, 0.4) is 0 Å². The molecule has 1 fully saturated rings. The number of piperidine rings is 1. The second-order valence-electron chi connectivity index (χ2n) is 7.93. The van der Waals surface area contributed by atoms with Gasteiger partial charge in [-0.2, -0.15) is 4.98 Å². The van der Waals surface area contributed by atoms with E-state index in [-0.39, 0.29) is 5.56 Å². The van der Waals surface area contributed by atoms with Gasteiger partial charge in [0.05, 0.1) is 6.54 Å². The third-order valence-electron chi connectivity index (χ3n) is 5.92. The zero-order valence-corrected chi connectivity index (χ0v) is 16.0. The zero-order valence-electron chi connectivity index (χ0n) is 16.0. The normalized spacial score (nSPS) is 21.5. The lowest BCUT2D eigenvalue weighted by atomic mass is 9.82. The van der Waals surface area contributed by atoms with Gasteiger partial charge >= 0.3 is 0 Å². The van der Waals surface area contributed by atoms with Gasteiger partial charge in [0.1, 0.15) is 0 Å². The number of rotatable bonds is 4. The van der Waals surface area contributed by atoms with Gasteiger partial charge in [-0.3, -0.25) is 9.69 Å². The van der Waals surface area contributed by atoms with Crippen LogP contribution in [0.2, 0.25) is 0 Å². The maximum Gasteiger partial charge on any atom is 0.251 e. The number of benzene rings is 1. The molecule has 1 saturated heterocycles. The third-order valence-corrected chi connectivity index (χ3v) is 5.92. The second kappa shape index (κ2) is 7.02. The summed E-state index contributed by atoms with van der Waals surface area (Å²) in [6.07, 6.45) is 1.92. The van der Waals surface area contributed by atoms with E-state index in [4.69, 9.17) is 4.52 Å². The highest BCUT2D eigenvalue weighted by molar-refractivity contribution is 5.63. The van der Waals surface area contributed by atoms with Crippen LogP contribution in [0.25, 0.3) is 11.1 Å². The summed E-state index contributed by atoms with van der Waals surface area (Å²) in [4.78, 5) is 19.7. The van der Waals surface area contributed by atoms with Crippen molar-refractivity contribution < 1.29 is 4.52 Å². The minimum atomic E-state index is 0.115. The average Bonchev–Trinajstić information content (AvgIpc) is 3.17. The van der Waals surface area contributed by atoms with Crippen LogP contribution in [-0.4, -0.2) is 32.7 Å². The van der Waals surface area contributed by atoms with Gasteiger partial charge in [-0.25, -0.2) is 0 Å². The standard InChI is InChI=1S/C22H24N4O2/c1-2-20-23-21(28-24-20)14-25-11-15-8-18(13-25)19-9-17(10-22(27)26(19)12-15)16-6-4-3-5-7-16/h3-7,9-10,15,18H,2,8,11-14H2,1H3/t15-,18+/m0/s1. The molecule has 2 bridgehead atoms. The lowest BCUT2D eigenvalue weighted by Gasteiger charge is -2.42. The molecule has 3 aromatic rings. The van der Waals surface area contributed by atoms with Crippen molar-refractivity contribution in [3.8, 4) is 11.1 Å². The maximum atomic E-state index is 12.8. The largest absolute Gasteiger partial charge is 0.338 e. The zero-order chi connectivity index (χ0) is 19.1. The molecule has 0 unspecified atom stereocenters. The predicted octanol–water partition coefficient (Wildman–Crippen LogP) is 3.08. The van der Waals surface area contributed by atoms with Gasteiger partial charge in [0, 0.05) is 43.7 Å². The molecule has 0 N–H and O–H groups in total. The summed E-state index contributed by atoms with van der Waals surface area (Å²) in [5.41, 5.74) is 3.38. The number of aryl methyl sites for hydroxylation is 1. The van der Waals surface area contributed by atoms with Crippen LogP contribution in [0.5, 0.6) is 0 Å². The highest BCUT2D eigenvalue weighted by atomic mass is 16.5. The molecule has 0 radical (unpaired) electrons. The van der Waals surface area contributed by atoms with E-state index in [9.17, 15) is 4.79 Å². The number of fused-ring (bicyclic) bond motifs is 4. The number of hydrogen-bond donors (Lipinski definition) is 0. The Morgan fingerprint density at radius 3 is 2.75 bits per heavy atom. The first-order valence-electron chi connectivity index (χ1n) is 10.0. The Morgan fingerprint density at radius 2 is 1.96 bits per heavy atom. The van der Waals surface area contributed by atoms with Crippen molar-refractivity contribution in [2.75, 3.05) is 13.1 Å². The first kappa shape index (κ1) is 17.4. The monoisotopic (exact) mass is 376 g/mol. The average molecular weight is 376 g/mol. The summed E-state index contributed by atoms with van der Waals surface area (Å²) in [5, 5.41) is 4.01. The van der Waals surface area contributed by atoms with E-state index >= 15 is 0 Å². The lowest BCUT2D eigenvalue weighted by molar-refractivity contribution is 0.104. The summed E-state index contributed by atoms with van der Waals surface area (Å²) in [5.74, 6) is 2.29. The van der Waals surface area contributed by atoms with Gasteiger partial charge in [0.15, 0.2) is 5.82 Å². The quantitative estimate of drug-likeness (QED) is 0.700. The molecule has 6 nitrogen and oxygen atoms in total. The Balaban J connectivity index is 1.43. The van der Waals surface area contributed by atoms with Gasteiger partial charge in [0.2, 0.25) is 5.89 Å². The molecule has 2 atom stereocenters. The molecule has 28 heavy (non-hydrogen) atoms. The summed E-state index contributed by atoms with van der Waals surface area (Å²) < 4.78 is 7.38. The number of likely N-dealkylation sites (tertiary alicyclic amines) is 1. The van der Waals surface area contributed by atoms with Crippen LogP contribution in [0.4, 0.5) is 0 Å². The molecule has 0 aliphatic carbocycles. The van der Waals surface area contributed by atoms with E-state index in [0.717, 1.165) is 55.1 Å². The van der Waals surface area contributed by atoms with Crippen molar-refractivity contribution in [2.24, 2.45) is 5.92 Å². The maximum absolute atomic E-state index is 12.8. The van der Waals surface area contributed by atoms with Gasteiger partial charge in [-0.15, -0.1) is 0 Å². The van der Waals surface area contributed by atoms with Crippen LogP contribution >= 0.6 is 0 Å². The summed E-state index contributed by atoms with van der Waals surface area (Å²) in [6, 6.07) is 14.1. The molecule has 1 aromatic carbocycles. The first-order valence-corrected chi connectivity index (χ1v) is 10.0. The van der Waals surface area contributed by atoms with Crippen LogP contribution < -0.4 is 5.56 Å².